The summed E-state index contributed by atoms with van der Waals surface area (Å²) in [6, 6.07) is 8.12. The Morgan fingerprint density at radius 1 is 1.04 bits per heavy atom. The lowest BCUT2D eigenvalue weighted by atomic mass is 10.0. The van der Waals surface area contributed by atoms with E-state index in [0.29, 0.717) is 18.6 Å². The molecule has 2 aliphatic rings. The van der Waals surface area contributed by atoms with E-state index in [1.54, 1.807) is 0 Å². The molecular formula is C18H25N3O2. The molecule has 0 bridgehead atoms. The van der Waals surface area contributed by atoms with Gasteiger partial charge in [0.05, 0.1) is 0 Å². The van der Waals surface area contributed by atoms with Crippen LogP contribution in [0, 0.1) is 0 Å². The molecule has 0 saturated carbocycles. The molecule has 0 spiro atoms. The minimum atomic E-state index is 0.104. The van der Waals surface area contributed by atoms with Crippen LogP contribution in [0.2, 0.25) is 0 Å². The molecule has 1 aromatic carbocycles. The van der Waals surface area contributed by atoms with Crippen molar-refractivity contribution in [3.05, 3.63) is 35.4 Å². The first-order valence-corrected chi connectivity index (χ1v) is 8.49. The highest BCUT2D eigenvalue weighted by Gasteiger charge is 2.21. The third-order valence-corrected chi connectivity index (χ3v) is 4.85. The number of hydrogen-bond donors (Lipinski definition) is 1. The first kappa shape index (κ1) is 16.1. The number of rotatable bonds is 3. The molecule has 1 aromatic rings. The van der Waals surface area contributed by atoms with E-state index in [0.717, 1.165) is 51.1 Å². The SMILES string of the molecule is NC1CCN(C(=O)c2ccc(CN3CCC(=O)CC3)cc2)CC1. The highest BCUT2D eigenvalue weighted by molar-refractivity contribution is 5.94. The molecule has 0 atom stereocenters. The molecule has 0 radical (unpaired) electrons. The van der Waals surface area contributed by atoms with Gasteiger partial charge in [-0.05, 0) is 30.5 Å². The molecule has 2 heterocycles. The lowest BCUT2D eigenvalue weighted by Gasteiger charge is -2.30. The standard InChI is InChI=1S/C18H25N3O2/c19-16-5-11-21(12-6-16)18(23)15-3-1-14(2-4-15)13-20-9-7-17(22)8-10-20/h1-4,16H,5-13,19H2. The van der Waals surface area contributed by atoms with Crippen molar-refractivity contribution in [3.8, 4) is 0 Å². The molecule has 3 rings (SSSR count). The van der Waals surface area contributed by atoms with E-state index in [1.807, 2.05) is 29.2 Å². The van der Waals surface area contributed by atoms with Crippen LogP contribution in [0.1, 0.15) is 41.6 Å². The number of benzene rings is 1. The second kappa shape index (κ2) is 7.23. The van der Waals surface area contributed by atoms with E-state index in [-0.39, 0.29) is 11.9 Å². The van der Waals surface area contributed by atoms with E-state index in [9.17, 15) is 9.59 Å². The number of nitrogens with zero attached hydrogens (tertiary/aromatic N) is 2. The third-order valence-electron chi connectivity index (χ3n) is 4.85. The van der Waals surface area contributed by atoms with Crippen LogP contribution < -0.4 is 5.73 Å². The van der Waals surface area contributed by atoms with Gasteiger partial charge in [-0.25, -0.2) is 0 Å². The predicted octanol–water partition coefficient (Wildman–Crippen LogP) is 1.41. The maximum Gasteiger partial charge on any atom is 0.253 e. The summed E-state index contributed by atoms with van der Waals surface area (Å²) in [5.74, 6) is 0.468. The second-order valence-corrected chi connectivity index (χ2v) is 6.64. The van der Waals surface area contributed by atoms with Gasteiger partial charge in [0, 0.05) is 57.2 Å². The van der Waals surface area contributed by atoms with E-state index in [1.165, 1.54) is 5.56 Å². The topological polar surface area (TPSA) is 66.6 Å². The highest BCUT2D eigenvalue weighted by atomic mass is 16.2. The molecule has 2 saturated heterocycles. The first-order chi connectivity index (χ1) is 11.1. The fourth-order valence-electron chi connectivity index (χ4n) is 3.26. The van der Waals surface area contributed by atoms with Crippen LogP contribution >= 0.6 is 0 Å². The van der Waals surface area contributed by atoms with Crippen LogP contribution in [0.5, 0.6) is 0 Å². The molecule has 1 amide bonds. The van der Waals surface area contributed by atoms with Crippen molar-refractivity contribution in [3.63, 3.8) is 0 Å². The van der Waals surface area contributed by atoms with Crippen LogP contribution in [0.25, 0.3) is 0 Å². The number of carbonyl (C=O) groups excluding carboxylic acids is 2. The first-order valence-electron chi connectivity index (χ1n) is 8.49. The summed E-state index contributed by atoms with van der Waals surface area (Å²) in [5, 5.41) is 0. The number of likely N-dealkylation sites (tertiary alicyclic amines) is 2. The summed E-state index contributed by atoms with van der Waals surface area (Å²) in [6.07, 6.45) is 3.09. The summed E-state index contributed by atoms with van der Waals surface area (Å²) in [7, 11) is 0. The lowest BCUT2D eigenvalue weighted by molar-refractivity contribution is -0.121. The van der Waals surface area contributed by atoms with Crippen LogP contribution in [-0.4, -0.2) is 53.7 Å². The molecular weight excluding hydrogens is 290 g/mol. The molecule has 5 heteroatoms. The summed E-state index contributed by atoms with van der Waals surface area (Å²) in [5.41, 5.74) is 7.83. The van der Waals surface area contributed by atoms with Gasteiger partial charge in [0.25, 0.3) is 5.91 Å². The minimum absolute atomic E-state index is 0.104. The van der Waals surface area contributed by atoms with Gasteiger partial charge < -0.3 is 10.6 Å². The normalized spacial score (nSPS) is 20.7. The van der Waals surface area contributed by atoms with Gasteiger partial charge in [-0.2, -0.15) is 0 Å². The van der Waals surface area contributed by atoms with E-state index >= 15 is 0 Å². The van der Waals surface area contributed by atoms with Crippen molar-refractivity contribution in [2.45, 2.75) is 38.3 Å². The maximum atomic E-state index is 12.5. The second-order valence-electron chi connectivity index (χ2n) is 6.64. The molecule has 5 nitrogen and oxygen atoms in total. The van der Waals surface area contributed by atoms with Gasteiger partial charge in [-0.1, -0.05) is 12.1 Å². The van der Waals surface area contributed by atoms with Crippen molar-refractivity contribution >= 4 is 11.7 Å². The average Bonchev–Trinajstić information content (AvgIpc) is 2.58. The summed E-state index contributed by atoms with van der Waals surface area (Å²) in [6.45, 7) is 4.04. The number of nitrogens with two attached hydrogens (primary N) is 1. The fourth-order valence-corrected chi connectivity index (χ4v) is 3.26. The minimum Gasteiger partial charge on any atom is -0.339 e. The van der Waals surface area contributed by atoms with Crippen LogP contribution in [0.15, 0.2) is 24.3 Å². The van der Waals surface area contributed by atoms with Gasteiger partial charge in [0.1, 0.15) is 5.78 Å². The number of carbonyl (C=O) groups is 2. The van der Waals surface area contributed by atoms with Crippen LogP contribution in [0.3, 0.4) is 0 Å². The zero-order chi connectivity index (χ0) is 16.2. The Morgan fingerprint density at radius 2 is 1.65 bits per heavy atom. The highest BCUT2D eigenvalue weighted by Crippen LogP contribution is 2.15. The molecule has 2 N–H and O–H groups in total. The van der Waals surface area contributed by atoms with Crippen molar-refractivity contribution < 1.29 is 9.59 Å². The number of Topliss-reactive ketones (excluding diaryl/α,β-unsaturated/α-hetero) is 1. The van der Waals surface area contributed by atoms with Crippen LogP contribution in [-0.2, 0) is 11.3 Å². The fraction of sp³-hybridized carbons (Fsp3) is 0.556. The molecule has 0 aliphatic carbocycles. The van der Waals surface area contributed by atoms with Gasteiger partial charge in [-0.3, -0.25) is 14.5 Å². The number of amides is 1. The van der Waals surface area contributed by atoms with E-state index < -0.39 is 0 Å². The molecule has 0 unspecified atom stereocenters. The summed E-state index contributed by atoms with van der Waals surface area (Å²) < 4.78 is 0. The van der Waals surface area contributed by atoms with Crippen molar-refractivity contribution in [1.82, 2.24) is 9.80 Å². The van der Waals surface area contributed by atoms with Crippen molar-refractivity contribution in [2.24, 2.45) is 5.73 Å². The Kier molecular flexibility index (Phi) is 5.08. The van der Waals surface area contributed by atoms with E-state index in [4.69, 9.17) is 5.73 Å². The number of ketones is 1. The Hall–Kier alpha value is -1.72. The van der Waals surface area contributed by atoms with E-state index in [2.05, 4.69) is 4.90 Å². The number of piperidine rings is 2. The Morgan fingerprint density at radius 3 is 2.26 bits per heavy atom. The van der Waals surface area contributed by atoms with Crippen molar-refractivity contribution in [1.29, 1.82) is 0 Å². The average molecular weight is 315 g/mol. The lowest BCUT2D eigenvalue weighted by Crippen LogP contribution is -2.42. The molecule has 0 aromatic heterocycles. The summed E-state index contributed by atoms with van der Waals surface area (Å²) in [4.78, 5) is 27.9. The molecule has 23 heavy (non-hydrogen) atoms. The maximum absolute atomic E-state index is 12.5. The molecule has 2 fully saturated rings. The van der Waals surface area contributed by atoms with Gasteiger partial charge in [0.2, 0.25) is 0 Å². The zero-order valence-corrected chi connectivity index (χ0v) is 13.5. The Bertz CT molecular complexity index is 552. The van der Waals surface area contributed by atoms with Gasteiger partial charge >= 0.3 is 0 Å². The van der Waals surface area contributed by atoms with Crippen LogP contribution in [0.4, 0.5) is 0 Å². The Balaban J connectivity index is 1.56. The molecule has 124 valence electrons. The van der Waals surface area contributed by atoms with Crippen molar-refractivity contribution in [2.75, 3.05) is 26.2 Å². The predicted molar refractivity (Wildman–Crippen MR) is 89.1 cm³/mol. The monoisotopic (exact) mass is 315 g/mol. The molecule has 2 aliphatic heterocycles. The zero-order valence-electron chi connectivity index (χ0n) is 13.5. The third kappa shape index (κ3) is 4.18. The van der Waals surface area contributed by atoms with Gasteiger partial charge in [-0.15, -0.1) is 0 Å². The quantitative estimate of drug-likeness (QED) is 0.916. The largest absolute Gasteiger partial charge is 0.339 e. The Labute approximate surface area is 137 Å². The van der Waals surface area contributed by atoms with Gasteiger partial charge in [0.15, 0.2) is 0 Å². The summed E-state index contributed by atoms with van der Waals surface area (Å²) >= 11 is 0. The number of hydrogen-bond acceptors (Lipinski definition) is 4. The smallest absolute Gasteiger partial charge is 0.253 e.